The third-order valence-corrected chi connectivity index (χ3v) is 2.28. The summed E-state index contributed by atoms with van der Waals surface area (Å²) in [5, 5.41) is 13.3. The Morgan fingerprint density at radius 3 is 2.94 bits per heavy atom. The van der Waals surface area contributed by atoms with Gasteiger partial charge in [-0.25, -0.2) is 4.39 Å². The SMILES string of the molecule is C[C@H](O)C[NH2+]CC(=O)Nc1ccc(Cl)cc1F. The number of amides is 1. The number of carbonyl (C=O) groups is 1. The molecule has 4 N–H and O–H groups in total. The molecule has 1 amide bonds. The monoisotopic (exact) mass is 261 g/mol. The Kier molecular flexibility index (Phi) is 5.34. The van der Waals surface area contributed by atoms with Gasteiger partial charge in [0.15, 0.2) is 6.54 Å². The van der Waals surface area contributed by atoms with Gasteiger partial charge in [0.05, 0.1) is 11.8 Å². The van der Waals surface area contributed by atoms with E-state index in [-0.39, 0.29) is 23.2 Å². The topological polar surface area (TPSA) is 65.9 Å². The third-order valence-electron chi connectivity index (χ3n) is 2.04. The van der Waals surface area contributed by atoms with Crippen molar-refractivity contribution in [2.45, 2.75) is 13.0 Å². The van der Waals surface area contributed by atoms with Gasteiger partial charge in [0, 0.05) is 5.02 Å². The van der Waals surface area contributed by atoms with Crippen molar-refractivity contribution in [1.82, 2.24) is 0 Å². The number of hydrogen-bond donors (Lipinski definition) is 3. The van der Waals surface area contributed by atoms with E-state index >= 15 is 0 Å². The highest BCUT2D eigenvalue weighted by molar-refractivity contribution is 6.30. The molecule has 0 aliphatic heterocycles. The van der Waals surface area contributed by atoms with Crippen molar-refractivity contribution >= 4 is 23.2 Å². The maximum Gasteiger partial charge on any atom is 0.279 e. The number of quaternary nitrogens is 1. The van der Waals surface area contributed by atoms with Gasteiger partial charge in [0.2, 0.25) is 0 Å². The number of benzene rings is 1. The number of anilines is 1. The molecule has 0 aliphatic rings. The summed E-state index contributed by atoms with van der Waals surface area (Å²) in [7, 11) is 0. The minimum Gasteiger partial charge on any atom is -0.388 e. The number of nitrogens with one attached hydrogen (secondary N) is 1. The number of hydrogen-bond acceptors (Lipinski definition) is 2. The Balaban J connectivity index is 2.45. The molecular weight excluding hydrogens is 247 g/mol. The summed E-state index contributed by atoms with van der Waals surface area (Å²) < 4.78 is 13.3. The number of carbonyl (C=O) groups excluding carboxylic acids is 1. The van der Waals surface area contributed by atoms with E-state index in [0.29, 0.717) is 6.54 Å². The molecule has 94 valence electrons. The van der Waals surface area contributed by atoms with Crippen molar-refractivity contribution in [2.24, 2.45) is 0 Å². The quantitative estimate of drug-likeness (QED) is 0.717. The van der Waals surface area contributed by atoms with Crippen LogP contribution in [0.3, 0.4) is 0 Å². The lowest BCUT2D eigenvalue weighted by atomic mass is 10.3. The van der Waals surface area contributed by atoms with E-state index in [0.717, 1.165) is 6.07 Å². The van der Waals surface area contributed by atoms with Gasteiger partial charge in [0.1, 0.15) is 12.4 Å². The van der Waals surface area contributed by atoms with E-state index in [1.165, 1.54) is 12.1 Å². The summed E-state index contributed by atoms with van der Waals surface area (Å²) in [4.78, 5) is 11.4. The Morgan fingerprint density at radius 2 is 2.35 bits per heavy atom. The van der Waals surface area contributed by atoms with Crippen molar-refractivity contribution in [3.8, 4) is 0 Å². The molecule has 17 heavy (non-hydrogen) atoms. The Bertz CT molecular complexity index is 399. The molecule has 6 heteroatoms. The fraction of sp³-hybridized carbons (Fsp3) is 0.364. The largest absolute Gasteiger partial charge is 0.388 e. The molecule has 4 nitrogen and oxygen atoms in total. The summed E-state index contributed by atoms with van der Waals surface area (Å²) in [6.45, 7) is 2.19. The van der Waals surface area contributed by atoms with E-state index in [1.807, 2.05) is 0 Å². The lowest BCUT2D eigenvalue weighted by molar-refractivity contribution is -0.649. The molecular formula is C11H15ClFN2O2+. The second kappa shape index (κ2) is 6.54. The van der Waals surface area contributed by atoms with Crippen LogP contribution < -0.4 is 10.6 Å². The molecule has 1 atom stereocenters. The fourth-order valence-corrected chi connectivity index (χ4v) is 1.41. The molecule has 0 saturated carbocycles. The highest BCUT2D eigenvalue weighted by atomic mass is 35.5. The minimum absolute atomic E-state index is 0.102. The summed E-state index contributed by atoms with van der Waals surface area (Å²) in [5.41, 5.74) is 0.102. The van der Waals surface area contributed by atoms with Gasteiger partial charge in [0.25, 0.3) is 5.91 Å². The fourth-order valence-electron chi connectivity index (χ4n) is 1.25. The van der Waals surface area contributed by atoms with Crippen LogP contribution in [0.1, 0.15) is 6.92 Å². The molecule has 0 aromatic heterocycles. The van der Waals surface area contributed by atoms with E-state index in [1.54, 1.807) is 12.2 Å². The lowest BCUT2D eigenvalue weighted by Gasteiger charge is -2.06. The van der Waals surface area contributed by atoms with Gasteiger partial charge in [-0.2, -0.15) is 0 Å². The summed E-state index contributed by atoms with van der Waals surface area (Å²) in [6, 6.07) is 4.04. The van der Waals surface area contributed by atoms with Crippen LogP contribution in [0.4, 0.5) is 10.1 Å². The predicted octanol–water partition coefficient (Wildman–Crippen LogP) is 0.362. The van der Waals surface area contributed by atoms with Crippen LogP contribution in [0, 0.1) is 5.82 Å². The molecule has 0 unspecified atom stereocenters. The number of halogens is 2. The number of aliphatic hydroxyl groups excluding tert-OH is 1. The Morgan fingerprint density at radius 1 is 1.65 bits per heavy atom. The number of rotatable bonds is 5. The van der Waals surface area contributed by atoms with Gasteiger partial charge in [-0.3, -0.25) is 4.79 Å². The van der Waals surface area contributed by atoms with E-state index in [2.05, 4.69) is 5.32 Å². The third kappa shape index (κ3) is 5.12. The molecule has 0 bridgehead atoms. The van der Waals surface area contributed by atoms with Crippen LogP contribution >= 0.6 is 11.6 Å². The second-order valence-corrected chi connectivity index (χ2v) is 4.19. The van der Waals surface area contributed by atoms with Crippen LogP contribution in [0.2, 0.25) is 5.02 Å². The van der Waals surface area contributed by atoms with E-state index in [9.17, 15) is 9.18 Å². The molecule has 0 radical (unpaired) electrons. The second-order valence-electron chi connectivity index (χ2n) is 3.75. The molecule has 0 aliphatic carbocycles. The lowest BCUT2D eigenvalue weighted by Crippen LogP contribution is -2.88. The average molecular weight is 262 g/mol. The summed E-state index contributed by atoms with van der Waals surface area (Å²) >= 11 is 5.59. The maximum absolute atomic E-state index is 13.3. The molecule has 1 aromatic carbocycles. The molecule has 0 spiro atoms. The first kappa shape index (κ1) is 13.9. The molecule has 0 saturated heterocycles. The van der Waals surface area contributed by atoms with Crippen LogP contribution in [-0.2, 0) is 4.79 Å². The normalized spacial score (nSPS) is 12.2. The zero-order valence-corrected chi connectivity index (χ0v) is 10.2. The molecule has 0 heterocycles. The number of aliphatic hydroxyl groups is 1. The molecule has 0 fully saturated rings. The van der Waals surface area contributed by atoms with Gasteiger partial charge >= 0.3 is 0 Å². The highest BCUT2D eigenvalue weighted by Gasteiger charge is 2.09. The predicted molar refractivity (Wildman–Crippen MR) is 63.4 cm³/mol. The van der Waals surface area contributed by atoms with E-state index < -0.39 is 11.9 Å². The summed E-state index contributed by atoms with van der Waals surface area (Å²) in [5.74, 6) is -0.895. The summed E-state index contributed by atoms with van der Waals surface area (Å²) in [6.07, 6.45) is -0.477. The van der Waals surface area contributed by atoms with Gasteiger partial charge in [-0.15, -0.1) is 0 Å². The Hall–Kier alpha value is -1.17. The maximum atomic E-state index is 13.3. The van der Waals surface area contributed by atoms with E-state index in [4.69, 9.17) is 16.7 Å². The average Bonchev–Trinajstić information content (AvgIpc) is 2.21. The van der Waals surface area contributed by atoms with Crippen LogP contribution in [0.5, 0.6) is 0 Å². The zero-order chi connectivity index (χ0) is 12.8. The van der Waals surface area contributed by atoms with Crippen molar-refractivity contribution in [3.05, 3.63) is 29.0 Å². The Labute approximate surface area is 104 Å². The first-order valence-corrected chi connectivity index (χ1v) is 5.61. The van der Waals surface area contributed by atoms with Gasteiger partial charge in [-0.1, -0.05) is 11.6 Å². The van der Waals surface area contributed by atoms with Gasteiger partial charge in [-0.05, 0) is 25.1 Å². The number of nitrogens with two attached hydrogens (primary N) is 1. The minimum atomic E-state index is -0.568. The smallest absolute Gasteiger partial charge is 0.279 e. The van der Waals surface area contributed by atoms with Crippen molar-refractivity contribution in [2.75, 3.05) is 18.4 Å². The standard InChI is InChI=1S/C11H14ClFN2O2/c1-7(16)5-14-6-11(17)15-10-3-2-8(12)4-9(10)13/h2-4,7,14,16H,5-6H2,1H3,(H,15,17)/p+1/t7-/m0/s1. The molecule has 1 aromatic rings. The van der Waals surface area contributed by atoms with Crippen LogP contribution in [0.25, 0.3) is 0 Å². The highest BCUT2D eigenvalue weighted by Crippen LogP contribution is 2.18. The van der Waals surface area contributed by atoms with Crippen molar-refractivity contribution in [1.29, 1.82) is 0 Å². The first-order valence-electron chi connectivity index (χ1n) is 5.23. The zero-order valence-electron chi connectivity index (χ0n) is 9.41. The van der Waals surface area contributed by atoms with Gasteiger partial charge < -0.3 is 15.7 Å². The van der Waals surface area contributed by atoms with Crippen molar-refractivity contribution in [3.63, 3.8) is 0 Å². The van der Waals surface area contributed by atoms with Crippen LogP contribution in [-0.4, -0.2) is 30.2 Å². The van der Waals surface area contributed by atoms with Crippen LogP contribution in [0.15, 0.2) is 18.2 Å². The molecule has 1 rings (SSSR count). The first-order chi connectivity index (χ1) is 7.99. The van der Waals surface area contributed by atoms with Crippen molar-refractivity contribution < 1.29 is 19.6 Å².